The van der Waals surface area contributed by atoms with E-state index in [4.69, 9.17) is 0 Å². The Balaban J connectivity index is 1.85. The lowest BCUT2D eigenvalue weighted by Crippen LogP contribution is -2.51. The molecule has 4 heteroatoms. The van der Waals surface area contributed by atoms with Gasteiger partial charge in [-0.1, -0.05) is 73.4 Å². The number of aryl methyl sites for hydroxylation is 3. The van der Waals surface area contributed by atoms with E-state index < -0.39 is 6.04 Å². The fourth-order valence-corrected chi connectivity index (χ4v) is 4.55. The molecule has 1 fully saturated rings. The molecule has 2 aromatic carbocycles. The molecule has 31 heavy (non-hydrogen) atoms. The van der Waals surface area contributed by atoms with Crippen molar-refractivity contribution in [3.8, 4) is 0 Å². The summed E-state index contributed by atoms with van der Waals surface area (Å²) < 4.78 is 0. The molecule has 3 rings (SSSR count). The average molecular weight is 421 g/mol. The van der Waals surface area contributed by atoms with Gasteiger partial charge in [-0.05, 0) is 56.7 Å². The second-order valence-electron chi connectivity index (χ2n) is 9.03. The number of carbonyl (C=O) groups is 2. The number of nitrogens with zero attached hydrogens (tertiary/aromatic N) is 1. The van der Waals surface area contributed by atoms with Gasteiger partial charge in [0, 0.05) is 12.6 Å². The number of carbonyl (C=O) groups excluding carboxylic acids is 2. The van der Waals surface area contributed by atoms with Gasteiger partial charge in [0.05, 0.1) is 6.42 Å². The summed E-state index contributed by atoms with van der Waals surface area (Å²) in [4.78, 5) is 28.5. The maximum atomic E-state index is 13.6. The number of amides is 2. The summed E-state index contributed by atoms with van der Waals surface area (Å²) in [7, 11) is 0. The van der Waals surface area contributed by atoms with Crippen LogP contribution in [-0.4, -0.2) is 28.8 Å². The Morgan fingerprint density at radius 1 is 1.03 bits per heavy atom. The van der Waals surface area contributed by atoms with Crippen LogP contribution in [0.3, 0.4) is 0 Å². The van der Waals surface area contributed by atoms with Crippen LogP contribution in [0.1, 0.15) is 66.8 Å². The van der Waals surface area contributed by atoms with Gasteiger partial charge in [0.2, 0.25) is 11.8 Å². The lowest BCUT2D eigenvalue weighted by Gasteiger charge is -2.32. The molecule has 2 amide bonds. The van der Waals surface area contributed by atoms with Crippen molar-refractivity contribution in [2.24, 2.45) is 0 Å². The van der Waals surface area contributed by atoms with E-state index in [1.807, 2.05) is 32.9 Å². The molecular formula is C27H36N2O2. The van der Waals surface area contributed by atoms with Crippen LogP contribution in [0.15, 0.2) is 42.5 Å². The Hall–Kier alpha value is -2.62. The van der Waals surface area contributed by atoms with Gasteiger partial charge in [0.15, 0.2) is 0 Å². The van der Waals surface area contributed by atoms with Crippen molar-refractivity contribution < 1.29 is 9.59 Å². The third kappa shape index (κ3) is 6.19. The zero-order valence-electron chi connectivity index (χ0n) is 19.4. The average Bonchev–Trinajstić information content (AvgIpc) is 3.23. The minimum absolute atomic E-state index is 0.00336. The number of hydrogen-bond donors (Lipinski definition) is 1. The first kappa shape index (κ1) is 23.1. The normalized spacial score (nSPS) is 15.0. The molecule has 2 aromatic rings. The Morgan fingerprint density at radius 3 is 2.42 bits per heavy atom. The van der Waals surface area contributed by atoms with E-state index in [9.17, 15) is 9.59 Å². The zero-order valence-corrected chi connectivity index (χ0v) is 19.4. The van der Waals surface area contributed by atoms with Crippen molar-refractivity contribution in [1.29, 1.82) is 0 Å². The van der Waals surface area contributed by atoms with E-state index in [1.165, 1.54) is 12.8 Å². The Kier molecular flexibility index (Phi) is 7.89. The van der Waals surface area contributed by atoms with Crippen molar-refractivity contribution in [3.05, 3.63) is 70.3 Å². The highest BCUT2D eigenvalue weighted by Crippen LogP contribution is 2.21. The van der Waals surface area contributed by atoms with Crippen molar-refractivity contribution in [3.63, 3.8) is 0 Å². The lowest BCUT2D eigenvalue weighted by atomic mass is 10.0. The molecule has 0 spiro atoms. The van der Waals surface area contributed by atoms with Crippen LogP contribution >= 0.6 is 0 Å². The fourth-order valence-electron chi connectivity index (χ4n) is 4.55. The smallest absolute Gasteiger partial charge is 0.243 e. The Morgan fingerprint density at radius 2 is 1.74 bits per heavy atom. The van der Waals surface area contributed by atoms with Crippen LogP contribution in [0, 0.1) is 20.8 Å². The summed E-state index contributed by atoms with van der Waals surface area (Å²) >= 11 is 0. The molecule has 1 N–H and O–H groups in total. The molecule has 0 radical (unpaired) electrons. The minimum atomic E-state index is -0.460. The van der Waals surface area contributed by atoms with Gasteiger partial charge >= 0.3 is 0 Å². The SMILES string of the molecule is CC[C@@H](C(=O)NC1CCCC1)N(Cc1cccc(C)c1)C(=O)Cc1cc(C)ccc1C. The number of rotatable bonds is 8. The molecule has 1 saturated carbocycles. The molecule has 0 aromatic heterocycles. The second-order valence-corrected chi connectivity index (χ2v) is 9.03. The summed E-state index contributed by atoms with van der Waals surface area (Å²) in [6.45, 7) is 8.57. The number of nitrogens with one attached hydrogen (secondary N) is 1. The number of benzene rings is 2. The maximum absolute atomic E-state index is 13.6. The molecule has 4 nitrogen and oxygen atoms in total. The van der Waals surface area contributed by atoms with Gasteiger partial charge in [-0.3, -0.25) is 9.59 Å². The van der Waals surface area contributed by atoms with E-state index in [0.29, 0.717) is 19.4 Å². The van der Waals surface area contributed by atoms with Gasteiger partial charge in [-0.2, -0.15) is 0 Å². The molecule has 1 aliphatic carbocycles. The molecule has 1 atom stereocenters. The molecule has 0 bridgehead atoms. The molecular weight excluding hydrogens is 384 g/mol. The standard InChI is InChI=1S/C27H36N2O2/c1-5-25(27(31)28-24-11-6-7-12-24)29(18-22-10-8-9-19(2)15-22)26(30)17-23-16-20(3)13-14-21(23)4/h8-10,13-16,24-25H,5-7,11-12,17-18H2,1-4H3,(H,28,31)/t25-/m0/s1. The molecule has 1 aliphatic rings. The van der Waals surface area contributed by atoms with E-state index >= 15 is 0 Å². The van der Waals surface area contributed by atoms with Crippen molar-refractivity contribution in [2.75, 3.05) is 0 Å². The third-order valence-corrected chi connectivity index (χ3v) is 6.37. The molecule has 0 aliphatic heterocycles. The van der Waals surface area contributed by atoms with E-state index in [-0.39, 0.29) is 17.9 Å². The topological polar surface area (TPSA) is 49.4 Å². The Labute approximate surface area is 187 Å². The van der Waals surface area contributed by atoms with Gasteiger partial charge in [0.25, 0.3) is 0 Å². The molecule has 0 heterocycles. The van der Waals surface area contributed by atoms with E-state index in [0.717, 1.165) is 40.7 Å². The largest absolute Gasteiger partial charge is 0.352 e. The Bertz CT molecular complexity index is 915. The highest BCUT2D eigenvalue weighted by atomic mass is 16.2. The van der Waals surface area contributed by atoms with Gasteiger partial charge in [-0.25, -0.2) is 0 Å². The predicted molar refractivity (Wildman–Crippen MR) is 126 cm³/mol. The fraction of sp³-hybridized carbons (Fsp3) is 0.481. The highest BCUT2D eigenvalue weighted by Gasteiger charge is 2.30. The summed E-state index contributed by atoms with van der Waals surface area (Å²) in [6, 6.07) is 14.2. The van der Waals surface area contributed by atoms with Gasteiger partial charge < -0.3 is 10.2 Å². The molecule has 0 unspecified atom stereocenters. The van der Waals surface area contributed by atoms with Crippen molar-refractivity contribution >= 4 is 11.8 Å². The van der Waals surface area contributed by atoms with E-state index in [2.05, 4.69) is 42.6 Å². The summed E-state index contributed by atoms with van der Waals surface area (Å²) in [5.41, 5.74) is 5.50. The zero-order chi connectivity index (χ0) is 22.4. The van der Waals surface area contributed by atoms with E-state index in [1.54, 1.807) is 4.90 Å². The second kappa shape index (κ2) is 10.6. The van der Waals surface area contributed by atoms with Gasteiger partial charge in [0.1, 0.15) is 6.04 Å². The van der Waals surface area contributed by atoms with Crippen molar-refractivity contribution in [2.45, 2.75) is 84.8 Å². The van der Waals surface area contributed by atoms with Crippen LogP contribution in [-0.2, 0) is 22.6 Å². The predicted octanol–water partition coefficient (Wildman–Crippen LogP) is 5.02. The summed E-state index contributed by atoms with van der Waals surface area (Å²) in [5.74, 6) is -0.0139. The minimum Gasteiger partial charge on any atom is -0.352 e. The lowest BCUT2D eigenvalue weighted by molar-refractivity contribution is -0.141. The molecule has 0 saturated heterocycles. The maximum Gasteiger partial charge on any atom is 0.243 e. The van der Waals surface area contributed by atoms with Crippen LogP contribution in [0.4, 0.5) is 0 Å². The van der Waals surface area contributed by atoms with Crippen molar-refractivity contribution in [1.82, 2.24) is 10.2 Å². The first-order valence-corrected chi connectivity index (χ1v) is 11.6. The monoisotopic (exact) mass is 420 g/mol. The summed E-state index contributed by atoms with van der Waals surface area (Å²) in [6.07, 6.45) is 5.32. The third-order valence-electron chi connectivity index (χ3n) is 6.37. The first-order valence-electron chi connectivity index (χ1n) is 11.6. The first-order chi connectivity index (χ1) is 14.9. The van der Waals surface area contributed by atoms with Crippen LogP contribution < -0.4 is 5.32 Å². The molecule has 166 valence electrons. The van der Waals surface area contributed by atoms with Gasteiger partial charge in [-0.15, -0.1) is 0 Å². The summed E-state index contributed by atoms with van der Waals surface area (Å²) in [5, 5.41) is 3.21. The van der Waals surface area contributed by atoms with Crippen LogP contribution in [0.5, 0.6) is 0 Å². The van der Waals surface area contributed by atoms with Crippen LogP contribution in [0.25, 0.3) is 0 Å². The van der Waals surface area contributed by atoms with Crippen LogP contribution in [0.2, 0.25) is 0 Å². The quantitative estimate of drug-likeness (QED) is 0.652. The highest BCUT2D eigenvalue weighted by molar-refractivity contribution is 5.88. The number of hydrogen-bond acceptors (Lipinski definition) is 2.